The van der Waals surface area contributed by atoms with E-state index in [1.54, 1.807) is 7.11 Å². The lowest BCUT2D eigenvalue weighted by atomic mass is 9.93. The molecule has 0 aromatic heterocycles. The molecular formula is C14H23NO2. The van der Waals surface area contributed by atoms with Crippen molar-refractivity contribution in [2.45, 2.75) is 18.9 Å². The molecule has 3 nitrogen and oxygen atoms in total. The number of ether oxygens (including phenoxy) is 2. The van der Waals surface area contributed by atoms with Gasteiger partial charge in [-0.05, 0) is 30.6 Å². The molecule has 1 aliphatic heterocycles. The van der Waals surface area contributed by atoms with Crippen LogP contribution in [0.4, 0.5) is 0 Å². The van der Waals surface area contributed by atoms with Crippen LogP contribution in [0.25, 0.3) is 0 Å². The first-order chi connectivity index (χ1) is 8.35. The van der Waals surface area contributed by atoms with Crippen LogP contribution in [-0.2, 0) is 9.47 Å². The lowest BCUT2D eigenvalue weighted by Crippen LogP contribution is -2.46. The van der Waals surface area contributed by atoms with Crippen LogP contribution in [0.5, 0.6) is 0 Å². The molecule has 0 spiro atoms. The van der Waals surface area contributed by atoms with Gasteiger partial charge in [0.05, 0.1) is 19.3 Å². The minimum atomic E-state index is 0.280. The van der Waals surface area contributed by atoms with E-state index in [0.717, 1.165) is 44.1 Å². The molecule has 4 atom stereocenters. The van der Waals surface area contributed by atoms with Crippen molar-refractivity contribution in [1.82, 2.24) is 4.90 Å². The van der Waals surface area contributed by atoms with E-state index in [0.29, 0.717) is 0 Å². The van der Waals surface area contributed by atoms with Crippen LogP contribution in [0.2, 0.25) is 0 Å². The molecule has 3 aliphatic rings. The standard InChI is InChI=1S/C14H23NO2/c1-16-10-14-9-15(4-5-17-14)8-13-7-11-2-3-12(13)6-11/h2-3,11-14H,4-10H2,1H3/t11-,12-,13+,14-/m0/s1. The number of hydrogen-bond donors (Lipinski definition) is 0. The van der Waals surface area contributed by atoms with Crippen molar-refractivity contribution in [1.29, 1.82) is 0 Å². The van der Waals surface area contributed by atoms with Gasteiger partial charge in [-0.3, -0.25) is 4.90 Å². The summed E-state index contributed by atoms with van der Waals surface area (Å²) in [6.45, 7) is 5.00. The zero-order valence-electron chi connectivity index (χ0n) is 10.7. The van der Waals surface area contributed by atoms with Gasteiger partial charge in [0, 0.05) is 26.7 Å². The Morgan fingerprint density at radius 3 is 3.00 bits per heavy atom. The van der Waals surface area contributed by atoms with Crippen molar-refractivity contribution >= 4 is 0 Å². The van der Waals surface area contributed by atoms with E-state index < -0.39 is 0 Å². The van der Waals surface area contributed by atoms with Crippen molar-refractivity contribution < 1.29 is 9.47 Å². The van der Waals surface area contributed by atoms with Gasteiger partial charge in [0.15, 0.2) is 0 Å². The molecular weight excluding hydrogens is 214 g/mol. The van der Waals surface area contributed by atoms with Gasteiger partial charge in [0.2, 0.25) is 0 Å². The van der Waals surface area contributed by atoms with Crippen LogP contribution in [-0.4, -0.2) is 51.0 Å². The maximum atomic E-state index is 5.69. The van der Waals surface area contributed by atoms with E-state index in [9.17, 15) is 0 Å². The SMILES string of the molecule is COC[C@@H]1CN(C[C@H]2C[C@H]3C=C[C@H]2C3)CCO1. The highest BCUT2D eigenvalue weighted by molar-refractivity contribution is 5.10. The molecule has 17 heavy (non-hydrogen) atoms. The van der Waals surface area contributed by atoms with E-state index in [1.165, 1.54) is 19.4 Å². The van der Waals surface area contributed by atoms with Crippen molar-refractivity contribution in [2.24, 2.45) is 17.8 Å². The smallest absolute Gasteiger partial charge is 0.0935 e. The number of allylic oxidation sites excluding steroid dienone is 2. The lowest BCUT2D eigenvalue weighted by Gasteiger charge is -2.35. The minimum Gasteiger partial charge on any atom is -0.382 e. The predicted molar refractivity (Wildman–Crippen MR) is 66.9 cm³/mol. The summed E-state index contributed by atoms with van der Waals surface area (Å²) in [6, 6.07) is 0. The summed E-state index contributed by atoms with van der Waals surface area (Å²) >= 11 is 0. The first-order valence-electron chi connectivity index (χ1n) is 6.86. The van der Waals surface area contributed by atoms with Crippen molar-refractivity contribution in [2.75, 3.05) is 40.0 Å². The van der Waals surface area contributed by atoms with Gasteiger partial charge < -0.3 is 9.47 Å². The summed E-state index contributed by atoms with van der Waals surface area (Å²) in [5, 5.41) is 0. The molecule has 0 aromatic rings. The predicted octanol–water partition coefficient (Wildman–Crippen LogP) is 1.55. The highest BCUT2D eigenvalue weighted by Gasteiger charge is 2.36. The number of hydrogen-bond acceptors (Lipinski definition) is 3. The Morgan fingerprint density at radius 1 is 1.35 bits per heavy atom. The molecule has 2 fully saturated rings. The monoisotopic (exact) mass is 237 g/mol. The van der Waals surface area contributed by atoms with Crippen LogP contribution in [0.3, 0.4) is 0 Å². The van der Waals surface area contributed by atoms with Crippen LogP contribution in [0.1, 0.15) is 12.8 Å². The van der Waals surface area contributed by atoms with Gasteiger partial charge in [-0.2, -0.15) is 0 Å². The van der Waals surface area contributed by atoms with Crippen LogP contribution >= 0.6 is 0 Å². The third kappa shape index (κ3) is 2.56. The van der Waals surface area contributed by atoms with Crippen LogP contribution in [0.15, 0.2) is 12.2 Å². The second-order valence-corrected chi connectivity index (χ2v) is 5.75. The largest absolute Gasteiger partial charge is 0.382 e. The van der Waals surface area contributed by atoms with E-state index in [4.69, 9.17) is 9.47 Å². The highest BCUT2D eigenvalue weighted by atomic mass is 16.5. The summed E-state index contributed by atoms with van der Waals surface area (Å²) in [6.07, 6.45) is 7.98. The normalized spacial score (nSPS) is 41.2. The third-order valence-electron chi connectivity index (χ3n) is 4.48. The summed E-state index contributed by atoms with van der Waals surface area (Å²) in [7, 11) is 1.75. The second kappa shape index (κ2) is 5.09. The highest BCUT2D eigenvalue weighted by Crippen LogP contribution is 2.43. The first-order valence-corrected chi connectivity index (χ1v) is 6.86. The van der Waals surface area contributed by atoms with E-state index in [2.05, 4.69) is 17.1 Å². The van der Waals surface area contributed by atoms with Crippen LogP contribution < -0.4 is 0 Å². The Bertz CT molecular complexity index is 290. The summed E-state index contributed by atoms with van der Waals surface area (Å²) in [4.78, 5) is 2.58. The quantitative estimate of drug-likeness (QED) is 0.692. The molecule has 96 valence electrons. The summed E-state index contributed by atoms with van der Waals surface area (Å²) in [5.74, 6) is 2.65. The van der Waals surface area contributed by atoms with Crippen molar-refractivity contribution in [3.05, 3.63) is 12.2 Å². The number of fused-ring (bicyclic) bond motifs is 2. The van der Waals surface area contributed by atoms with Crippen molar-refractivity contribution in [3.63, 3.8) is 0 Å². The van der Waals surface area contributed by atoms with Gasteiger partial charge in [-0.25, -0.2) is 0 Å². The van der Waals surface area contributed by atoms with Gasteiger partial charge in [0.25, 0.3) is 0 Å². The maximum Gasteiger partial charge on any atom is 0.0935 e. The van der Waals surface area contributed by atoms with E-state index >= 15 is 0 Å². The fourth-order valence-corrected chi connectivity index (χ4v) is 3.67. The Morgan fingerprint density at radius 2 is 2.29 bits per heavy atom. The Hall–Kier alpha value is -0.380. The van der Waals surface area contributed by atoms with Gasteiger partial charge in [0.1, 0.15) is 0 Å². The maximum absolute atomic E-state index is 5.69. The van der Waals surface area contributed by atoms with E-state index in [1.807, 2.05) is 0 Å². The lowest BCUT2D eigenvalue weighted by molar-refractivity contribution is -0.0647. The average Bonchev–Trinajstić information content (AvgIpc) is 2.92. The fraction of sp³-hybridized carbons (Fsp3) is 0.857. The fourth-order valence-electron chi connectivity index (χ4n) is 3.67. The first kappa shape index (κ1) is 11.7. The molecule has 0 N–H and O–H groups in total. The summed E-state index contributed by atoms with van der Waals surface area (Å²) < 4.78 is 10.9. The number of rotatable bonds is 4. The number of morpholine rings is 1. The zero-order chi connectivity index (χ0) is 11.7. The topological polar surface area (TPSA) is 21.7 Å². The number of methoxy groups -OCH3 is 1. The molecule has 3 heteroatoms. The van der Waals surface area contributed by atoms with E-state index in [-0.39, 0.29) is 6.10 Å². The Labute approximate surface area is 104 Å². The second-order valence-electron chi connectivity index (χ2n) is 5.75. The Kier molecular flexibility index (Phi) is 3.50. The Balaban J connectivity index is 1.50. The summed E-state index contributed by atoms with van der Waals surface area (Å²) in [5.41, 5.74) is 0. The third-order valence-corrected chi connectivity index (χ3v) is 4.48. The minimum absolute atomic E-state index is 0.280. The average molecular weight is 237 g/mol. The molecule has 0 amide bonds. The van der Waals surface area contributed by atoms with Crippen molar-refractivity contribution in [3.8, 4) is 0 Å². The molecule has 3 rings (SSSR count). The van der Waals surface area contributed by atoms with Gasteiger partial charge in [-0.15, -0.1) is 0 Å². The van der Waals surface area contributed by atoms with Gasteiger partial charge >= 0.3 is 0 Å². The molecule has 0 aromatic carbocycles. The molecule has 1 saturated heterocycles. The molecule has 1 heterocycles. The zero-order valence-corrected chi connectivity index (χ0v) is 10.7. The van der Waals surface area contributed by atoms with Gasteiger partial charge in [-0.1, -0.05) is 12.2 Å². The molecule has 2 bridgehead atoms. The molecule has 1 saturated carbocycles. The molecule has 2 aliphatic carbocycles. The molecule has 0 radical (unpaired) electrons. The number of nitrogens with zero attached hydrogens (tertiary/aromatic N) is 1. The van der Waals surface area contributed by atoms with Crippen LogP contribution in [0, 0.1) is 17.8 Å². The molecule has 0 unspecified atom stereocenters.